The average molecular weight is 948 g/mol. The fraction of sp³-hybridized carbons (Fsp3) is 0.373. The molecule has 8 aromatic rings. The van der Waals surface area contributed by atoms with Gasteiger partial charge in [0.2, 0.25) is 0 Å². The summed E-state index contributed by atoms with van der Waals surface area (Å²) in [5, 5.41) is 0. The Kier molecular flexibility index (Phi) is 13.8. The summed E-state index contributed by atoms with van der Waals surface area (Å²) in [4.78, 5) is 12.9. The van der Waals surface area contributed by atoms with Crippen molar-refractivity contribution in [3.63, 3.8) is 0 Å². The second kappa shape index (κ2) is 21.3. The molecule has 0 N–H and O–H groups in total. The number of hydrogen-bond donors (Lipinski definition) is 0. The zero-order chi connectivity index (χ0) is 48.2. The van der Waals surface area contributed by atoms with Crippen molar-refractivity contribution in [2.24, 2.45) is 0 Å². The highest BCUT2D eigenvalue weighted by atomic mass is 15.1. The molecule has 4 fully saturated rings. The van der Waals surface area contributed by atoms with Crippen LogP contribution in [0.25, 0.3) is 45.3 Å². The van der Waals surface area contributed by atoms with Crippen LogP contribution in [0.15, 0.2) is 158 Å². The van der Waals surface area contributed by atoms with E-state index >= 15 is 0 Å². The van der Waals surface area contributed by atoms with Gasteiger partial charge in [0.05, 0.1) is 11.4 Å². The highest BCUT2D eigenvalue weighted by molar-refractivity contribution is 5.82. The third kappa shape index (κ3) is 9.52. The van der Waals surface area contributed by atoms with Gasteiger partial charge in [-0.1, -0.05) is 168 Å². The molecular weight excluding hydrogens is 875 g/mol. The summed E-state index contributed by atoms with van der Waals surface area (Å²) >= 11 is 0. The first kappa shape index (κ1) is 46.6. The Balaban J connectivity index is 0.966. The summed E-state index contributed by atoms with van der Waals surface area (Å²) in [6.45, 7) is 2.33. The van der Waals surface area contributed by atoms with Gasteiger partial charge in [0.25, 0.3) is 0 Å². The highest BCUT2D eigenvalue weighted by Gasteiger charge is 2.30. The van der Waals surface area contributed by atoms with E-state index in [9.17, 15) is 0 Å². The second-order valence-corrected chi connectivity index (χ2v) is 22.0. The maximum atomic E-state index is 5.27. The highest BCUT2D eigenvalue weighted by Crippen LogP contribution is 2.48. The number of imidazole rings is 2. The van der Waals surface area contributed by atoms with Crippen molar-refractivity contribution < 1.29 is 0 Å². The second-order valence-electron chi connectivity index (χ2n) is 22.0. The van der Waals surface area contributed by atoms with Crippen LogP contribution in [0.4, 0.5) is 17.1 Å². The molecule has 72 heavy (non-hydrogen) atoms. The maximum absolute atomic E-state index is 5.27. The van der Waals surface area contributed by atoms with Crippen molar-refractivity contribution in [1.82, 2.24) is 19.1 Å². The van der Waals surface area contributed by atoms with Gasteiger partial charge in [-0.2, -0.15) is 0 Å². The van der Waals surface area contributed by atoms with Crippen molar-refractivity contribution in [3.05, 3.63) is 186 Å². The number of aryl methyl sites for hydroxylation is 1. The Bertz CT molecular complexity index is 3000. The van der Waals surface area contributed by atoms with Crippen molar-refractivity contribution in [2.45, 2.75) is 159 Å². The predicted molar refractivity (Wildman–Crippen MR) is 300 cm³/mol. The topological polar surface area (TPSA) is 38.9 Å². The van der Waals surface area contributed by atoms with E-state index in [-0.39, 0.29) is 0 Å². The molecule has 0 amide bonds. The van der Waals surface area contributed by atoms with Crippen molar-refractivity contribution in [3.8, 4) is 45.3 Å². The van der Waals surface area contributed by atoms with Gasteiger partial charge >= 0.3 is 0 Å². The summed E-state index contributed by atoms with van der Waals surface area (Å²) in [6, 6.07) is 50.5. The Morgan fingerprint density at radius 2 is 0.722 bits per heavy atom. The zero-order valence-electron chi connectivity index (χ0n) is 42.7. The van der Waals surface area contributed by atoms with Crippen molar-refractivity contribution in [1.29, 1.82) is 0 Å². The number of hydrogen-bond acceptors (Lipinski definition) is 3. The molecule has 5 nitrogen and oxygen atoms in total. The van der Waals surface area contributed by atoms with Crippen LogP contribution < -0.4 is 4.90 Å². The number of para-hydroxylation sites is 1. The van der Waals surface area contributed by atoms with Crippen LogP contribution in [-0.4, -0.2) is 19.1 Å². The molecule has 366 valence electrons. The van der Waals surface area contributed by atoms with Crippen molar-refractivity contribution >= 4 is 17.1 Å². The van der Waals surface area contributed by atoms with Crippen LogP contribution in [0.3, 0.4) is 0 Å². The summed E-state index contributed by atoms with van der Waals surface area (Å²) in [6.07, 6.45) is 34.5. The molecule has 2 aromatic heterocycles. The SMILES string of the molecule is Cc1cc(C2CCCCC2)c(-n2ccnc2-c2cccc(N(c3ccccc3)c3cccc(-c4nccn4-c4c(C5CCCCC5)cc(-c5ccccc5)cc4C4CCCCC4)c3)c2)c(C2CCCCC2)c1. The Morgan fingerprint density at radius 3 is 1.14 bits per heavy atom. The van der Waals surface area contributed by atoms with E-state index < -0.39 is 0 Å². The maximum Gasteiger partial charge on any atom is 0.144 e. The van der Waals surface area contributed by atoms with Gasteiger partial charge < -0.3 is 4.90 Å². The van der Waals surface area contributed by atoms with Crippen LogP contribution in [0.1, 0.15) is 180 Å². The molecule has 5 heteroatoms. The monoisotopic (exact) mass is 948 g/mol. The van der Waals surface area contributed by atoms with Gasteiger partial charge in [0.1, 0.15) is 11.6 Å². The largest absolute Gasteiger partial charge is 0.310 e. The van der Waals surface area contributed by atoms with Gasteiger partial charge in [-0.25, -0.2) is 9.97 Å². The van der Waals surface area contributed by atoms with E-state index in [2.05, 4.69) is 167 Å². The number of anilines is 3. The van der Waals surface area contributed by atoms with E-state index in [1.54, 1.807) is 0 Å². The zero-order valence-corrected chi connectivity index (χ0v) is 42.7. The Morgan fingerprint density at radius 1 is 0.361 bits per heavy atom. The fourth-order valence-electron chi connectivity index (χ4n) is 13.8. The predicted octanol–water partition coefficient (Wildman–Crippen LogP) is 19.0. The normalized spacial score (nSPS) is 17.6. The van der Waals surface area contributed by atoms with E-state index in [1.165, 1.54) is 179 Å². The van der Waals surface area contributed by atoms with Crippen LogP contribution in [0.2, 0.25) is 0 Å². The molecule has 2 heterocycles. The lowest BCUT2D eigenvalue weighted by molar-refractivity contribution is 0.433. The van der Waals surface area contributed by atoms with E-state index in [1.807, 2.05) is 12.4 Å². The standard InChI is InChI=1S/C67H73N5/c1-48-42-60(50-24-10-3-11-25-50)64(61(43-48)51-26-12-4-13-27-51)70-40-38-68-66(70)54-32-20-36-58(44-54)72(57-34-18-7-19-35-57)59-37-21-33-55(45-59)67-69-39-41-71(67)65-62(52-28-14-5-15-29-52)46-56(49-22-8-2-9-23-49)47-63(65)53-30-16-6-17-31-53/h2,7-9,18-23,32-47,50-53H,3-6,10-17,24-31H2,1H3. The summed E-state index contributed by atoms with van der Waals surface area (Å²) in [5.41, 5.74) is 18.5. The number of rotatable bonds is 12. The molecule has 4 saturated carbocycles. The molecule has 6 aromatic carbocycles. The summed E-state index contributed by atoms with van der Waals surface area (Å²) < 4.78 is 4.97. The molecule has 0 spiro atoms. The minimum atomic E-state index is 0.529. The van der Waals surface area contributed by atoms with Gasteiger partial charge in [0, 0.05) is 53.0 Å². The average Bonchev–Trinajstić information content (AvgIpc) is 4.16. The van der Waals surface area contributed by atoms with Gasteiger partial charge in [-0.3, -0.25) is 9.13 Å². The smallest absolute Gasteiger partial charge is 0.144 e. The Hall–Kier alpha value is -6.46. The minimum absolute atomic E-state index is 0.529. The molecule has 0 aliphatic heterocycles. The lowest BCUT2D eigenvalue weighted by Gasteiger charge is -2.31. The van der Waals surface area contributed by atoms with Crippen LogP contribution in [-0.2, 0) is 0 Å². The van der Waals surface area contributed by atoms with Gasteiger partial charge in [0.15, 0.2) is 0 Å². The molecule has 12 rings (SSSR count). The molecule has 0 saturated heterocycles. The number of nitrogens with zero attached hydrogens (tertiary/aromatic N) is 5. The summed E-state index contributed by atoms with van der Waals surface area (Å²) in [7, 11) is 0. The quantitative estimate of drug-likeness (QED) is 0.122. The van der Waals surface area contributed by atoms with E-state index in [0.717, 1.165) is 39.8 Å². The fourth-order valence-corrected chi connectivity index (χ4v) is 13.8. The molecule has 0 atom stereocenters. The molecule has 0 unspecified atom stereocenters. The number of aromatic nitrogens is 4. The lowest BCUT2D eigenvalue weighted by Crippen LogP contribution is -2.16. The summed E-state index contributed by atoms with van der Waals surface area (Å²) in [5.74, 6) is 4.24. The molecule has 4 aliphatic rings. The first-order valence-corrected chi connectivity index (χ1v) is 28.2. The number of benzene rings is 6. The Labute approximate surface area is 429 Å². The minimum Gasteiger partial charge on any atom is -0.310 e. The first-order valence-electron chi connectivity index (χ1n) is 28.2. The molecule has 0 radical (unpaired) electrons. The third-order valence-electron chi connectivity index (χ3n) is 17.3. The molecule has 0 bridgehead atoms. The van der Waals surface area contributed by atoms with Crippen LogP contribution >= 0.6 is 0 Å². The molecule has 4 aliphatic carbocycles. The lowest BCUT2D eigenvalue weighted by atomic mass is 9.77. The van der Waals surface area contributed by atoms with Gasteiger partial charge in [-0.15, -0.1) is 0 Å². The first-order chi connectivity index (χ1) is 35.6. The van der Waals surface area contributed by atoms with E-state index in [4.69, 9.17) is 9.97 Å². The third-order valence-corrected chi connectivity index (χ3v) is 17.3. The van der Waals surface area contributed by atoms with Gasteiger partial charge in [-0.05, 0) is 164 Å². The molecular formula is C67H73N5. The van der Waals surface area contributed by atoms with Crippen LogP contribution in [0, 0.1) is 6.92 Å². The van der Waals surface area contributed by atoms with Crippen molar-refractivity contribution in [2.75, 3.05) is 4.90 Å². The van der Waals surface area contributed by atoms with Crippen LogP contribution in [0.5, 0.6) is 0 Å². The van der Waals surface area contributed by atoms with E-state index in [0.29, 0.717) is 23.7 Å².